The molecule has 0 atom stereocenters. The van der Waals surface area contributed by atoms with Crippen LogP contribution in [0, 0.1) is 0 Å². The molecule has 0 fully saturated rings. The average Bonchev–Trinajstić information content (AvgIpc) is 2.74. The summed E-state index contributed by atoms with van der Waals surface area (Å²) in [4.78, 5) is 16.6. The molecule has 7 heteroatoms. The van der Waals surface area contributed by atoms with Crippen molar-refractivity contribution in [2.75, 3.05) is 5.73 Å². The number of imidazole rings is 1. The van der Waals surface area contributed by atoms with E-state index in [0.29, 0.717) is 12.2 Å². The third-order valence-corrected chi connectivity index (χ3v) is 2.48. The lowest BCUT2D eigenvalue weighted by Crippen LogP contribution is -2.13. The fourth-order valence-electron chi connectivity index (χ4n) is 1.69. The van der Waals surface area contributed by atoms with Gasteiger partial charge in [-0.3, -0.25) is 0 Å². The zero-order valence-corrected chi connectivity index (χ0v) is 11.4. The summed E-state index contributed by atoms with van der Waals surface area (Å²) in [6, 6.07) is 0.257. The van der Waals surface area contributed by atoms with Crippen LogP contribution in [0.15, 0.2) is 12.4 Å². The molecule has 0 amide bonds. The summed E-state index contributed by atoms with van der Waals surface area (Å²) in [5.41, 5.74) is 5.67. The summed E-state index contributed by atoms with van der Waals surface area (Å²) >= 11 is 0. The Labute approximate surface area is 111 Å². The highest BCUT2D eigenvalue weighted by Crippen LogP contribution is 2.10. The molecule has 0 aliphatic carbocycles. The summed E-state index contributed by atoms with van der Waals surface area (Å²) in [7, 11) is 0. The molecule has 0 saturated carbocycles. The van der Waals surface area contributed by atoms with E-state index in [1.165, 1.54) is 0 Å². The number of nitrogen functional groups attached to an aromatic ring is 1. The molecule has 2 aromatic heterocycles. The Morgan fingerprint density at radius 3 is 2.79 bits per heavy atom. The molecule has 19 heavy (non-hydrogen) atoms. The highest BCUT2D eigenvalue weighted by atomic mass is 16.5. The fourth-order valence-corrected chi connectivity index (χ4v) is 1.69. The number of hydrogen-bond donors (Lipinski definition) is 1. The van der Waals surface area contributed by atoms with E-state index >= 15 is 0 Å². The Hall–Kier alpha value is -2.18. The van der Waals surface area contributed by atoms with E-state index in [4.69, 9.17) is 10.5 Å². The van der Waals surface area contributed by atoms with Crippen LogP contribution in [0.1, 0.15) is 32.4 Å². The Bertz CT molecular complexity index is 551. The van der Waals surface area contributed by atoms with Crippen molar-refractivity contribution in [1.29, 1.82) is 0 Å². The molecule has 0 unspecified atom stereocenters. The lowest BCUT2D eigenvalue weighted by Gasteiger charge is -2.09. The second-order valence-corrected chi connectivity index (χ2v) is 4.37. The van der Waals surface area contributed by atoms with Gasteiger partial charge >= 0.3 is 6.01 Å². The standard InChI is InChI=1S/C12H18N6O/c1-4-18-6-5-14-10(18)7-9-15-11(13)17-12(16-9)19-8(2)3/h5-6,8H,4,7H2,1-3H3,(H2,13,15,16,17). The number of hydrogen-bond acceptors (Lipinski definition) is 6. The van der Waals surface area contributed by atoms with Crippen molar-refractivity contribution in [2.24, 2.45) is 0 Å². The second-order valence-electron chi connectivity index (χ2n) is 4.37. The van der Waals surface area contributed by atoms with E-state index in [9.17, 15) is 0 Å². The van der Waals surface area contributed by atoms with Gasteiger partial charge in [0, 0.05) is 18.9 Å². The molecule has 0 spiro atoms. The Balaban J connectivity index is 2.22. The zero-order chi connectivity index (χ0) is 13.8. The van der Waals surface area contributed by atoms with E-state index in [2.05, 4.69) is 26.9 Å². The third-order valence-electron chi connectivity index (χ3n) is 2.48. The van der Waals surface area contributed by atoms with Crippen molar-refractivity contribution < 1.29 is 4.74 Å². The first-order valence-electron chi connectivity index (χ1n) is 6.25. The zero-order valence-electron chi connectivity index (χ0n) is 11.4. The van der Waals surface area contributed by atoms with Gasteiger partial charge in [-0.2, -0.15) is 15.0 Å². The molecule has 2 N–H and O–H groups in total. The Morgan fingerprint density at radius 1 is 1.32 bits per heavy atom. The van der Waals surface area contributed by atoms with Crippen LogP contribution in [0.2, 0.25) is 0 Å². The first kappa shape index (κ1) is 13.3. The lowest BCUT2D eigenvalue weighted by molar-refractivity contribution is 0.221. The minimum absolute atomic E-state index is 0.00715. The van der Waals surface area contributed by atoms with Crippen LogP contribution in [0.25, 0.3) is 0 Å². The number of nitrogens with zero attached hydrogens (tertiary/aromatic N) is 5. The third kappa shape index (κ3) is 3.40. The quantitative estimate of drug-likeness (QED) is 0.865. The fraction of sp³-hybridized carbons (Fsp3) is 0.500. The van der Waals surface area contributed by atoms with Crippen molar-refractivity contribution in [1.82, 2.24) is 24.5 Å². The van der Waals surface area contributed by atoms with Crippen molar-refractivity contribution in [3.05, 3.63) is 24.0 Å². The van der Waals surface area contributed by atoms with Crippen LogP contribution in [0.5, 0.6) is 6.01 Å². The number of aromatic nitrogens is 5. The van der Waals surface area contributed by atoms with Crippen LogP contribution in [0.4, 0.5) is 5.95 Å². The van der Waals surface area contributed by atoms with Gasteiger partial charge in [0.25, 0.3) is 0 Å². The Kier molecular flexibility index (Phi) is 3.94. The molecule has 0 aliphatic heterocycles. The maximum atomic E-state index is 5.67. The van der Waals surface area contributed by atoms with E-state index in [1.54, 1.807) is 6.20 Å². The smallest absolute Gasteiger partial charge is 0.321 e. The molecule has 2 rings (SSSR count). The maximum absolute atomic E-state index is 5.67. The SMILES string of the molecule is CCn1ccnc1Cc1nc(N)nc(OC(C)C)n1. The first-order chi connectivity index (χ1) is 9.08. The van der Waals surface area contributed by atoms with Crippen LogP contribution in [-0.4, -0.2) is 30.6 Å². The van der Waals surface area contributed by atoms with E-state index < -0.39 is 0 Å². The van der Waals surface area contributed by atoms with Crippen molar-refractivity contribution in [2.45, 2.75) is 39.8 Å². The highest BCUT2D eigenvalue weighted by molar-refractivity contribution is 5.19. The largest absolute Gasteiger partial charge is 0.461 e. The van der Waals surface area contributed by atoms with Gasteiger partial charge in [0.15, 0.2) is 0 Å². The second kappa shape index (κ2) is 5.64. The number of aryl methyl sites for hydroxylation is 1. The molecule has 2 heterocycles. The minimum atomic E-state index is -0.00715. The summed E-state index contributed by atoms with van der Waals surface area (Å²) < 4.78 is 7.47. The first-order valence-corrected chi connectivity index (χ1v) is 6.25. The van der Waals surface area contributed by atoms with E-state index in [0.717, 1.165) is 12.4 Å². The van der Waals surface area contributed by atoms with Crippen LogP contribution in [-0.2, 0) is 13.0 Å². The van der Waals surface area contributed by atoms with Gasteiger partial charge in [0.05, 0.1) is 12.5 Å². The molecule has 0 aromatic carbocycles. The van der Waals surface area contributed by atoms with Gasteiger partial charge in [-0.15, -0.1) is 0 Å². The van der Waals surface area contributed by atoms with Gasteiger partial charge < -0.3 is 15.0 Å². The normalized spacial score (nSPS) is 10.9. The highest BCUT2D eigenvalue weighted by Gasteiger charge is 2.10. The van der Waals surface area contributed by atoms with Gasteiger partial charge in [-0.05, 0) is 20.8 Å². The Morgan fingerprint density at radius 2 is 2.11 bits per heavy atom. The average molecular weight is 262 g/mol. The lowest BCUT2D eigenvalue weighted by atomic mass is 10.4. The minimum Gasteiger partial charge on any atom is -0.461 e. The predicted octanol–water partition coefficient (Wildman–Crippen LogP) is 1.05. The summed E-state index contributed by atoms with van der Waals surface area (Å²) in [5, 5.41) is 0. The molecular weight excluding hydrogens is 244 g/mol. The van der Waals surface area contributed by atoms with Gasteiger partial charge in [-0.25, -0.2) is 4.98 Å². The van der Waals surface area contributed by atoms with Crippen LogP contribution in [0.3, 0.4) is 0 Å². The summed E-state index contributed by atoms with van der Waals surface area (Å²) in [5.74, 6) is 1.61. The number of nitrogens with two attached hydrogens (primary N) is 1. The van der Waals surface area contributed by atoms with Crippen molar-refractivity contribution >= 4 is 5.95 Å². The number of anilines is 1. The van der Waals surface area contributed by atoms with Gasteiger partial charge in [0.1, 0.15) is 11.6 Å². The van der Waals surface area contributed by atoms with Crippen molar-refractivity contribution in [3.8, 4) is 6.01 Å². The molecule has 0 saturated heterocycles. The topological polar surface area (TPSA) is 91.7 Å². The van der Waals surface area contributed by atoms with Gasteiger partial charge in [0.2, 0.25) is 5.95 Å². The number of ether oxygens (including phenoxy) is 1. The molecule has 0 aliphatic rings. The molecule has 2 aromatic rings. The van der Waals surface area contributed by atoms with Crippen LogP contribution < -0.4 is 10.5 Å². The molecule has 0 bridgehead atoms. The van der Waals surface area contributed by atoms with Crippen molar-refractivity contribution in [3.63, 3.8) is 0 Å². The number of rotatable bonds is 5. The van der Waals surface area contributed by atoms with Crippen LogP contribution >= 0.6 is 0 Å². The molecule has 102 valence electrons. The summed E-state index contributed by atoms with van der Waals surface area (Å²) in [6.45, 7) is 6.72. The van der Waals surface area contributed by atoms with E-state index in [1.807, 2.05) is 24.6 Å². The monoisotopic (exact) mass is 262 g/mol. The maximum Gasteiger partial charge on any atom is 0.321 e. The molecular formula is C12H18N6O. The molecule has 7 nitrogen and oxygen atoms in total. The summed E-state index contributed by atoms with van der Waals surface area (Å²) in [6.07, 6.45) is 4.18. The van der Waals surface area contributed by atoms with E-state index in [-0.39, 0.29) is 18.1 Å². The molecule has 0 radical (unpaired) electrons. The van der Waals surface area contributed by atoms with Gasteiger partial charge in [-0.1, -0.05) is 0 Å². The predicted molar refractivity (Wildman–Crippen MR) is 70.7 cm³/mol.